The molecule has 6 nitrogen and oxygen atoms in total. The lowest BCUT2D eigenvalue weighted by atomic mass is 9.92. The molecule has 1 aromatic carbocycles. The standard InChI is InChI=1S/C27H28FN3O3/c1-6-33-24-12-10-19(16-30-24)31(26(32)34-27(3,4)5)25-21(8-7-13-29-25)20-11-9-18-14-17(2)23(28)15-22(18)20/h7-16,20H,6H2,1-5H3. The van der Waals surface area contributed by atoms with Gasteiger partial charge in [-0.1, -0.05) is 18.2 Å². The Hall–Kier alpha value is -3.74. The van der Waals surface area contributed by atoms with Crippen molar-refractivity contribution in [1.82, 2.24) is 9.97 Å². The maximum Gasteiger partial charge on any atom is 0.420 e. The van der Waals surface area contributed by atoms with E-state index in [0.717, 1.165) is 16.7 Å². The van der Waals surface area contributed by atoms with Crippen LogP contribution in [0, 0.1) is 12.7 Å². The molecule has 2 aromatic heterocycles. The lowest BCUT2D eigenvalue weighted by Crippen LogP contribution is -2.35. The molecule has 2 heterocycles. The fourth-order valence-electron chi connectivity index (χ4n) is 3.91. The number of halogens is 1. The van der Waals surface area contributed by atoms with Crippen molar-refractivity contribution in [2.45, 2.75) is 46.1 Å². The van der Waals surface area contributed by atoms with Gasteiger partial charge in [-0.2, -0.15) is 0 Å². The van der Waals surface area contributed by atoms with Crippen LogP contribution >= 0.6 is 0 Å². The first-order chi connectivity index (χ1) is 16.2. The second kappa shape index (κ2) is 9.25. The first kappa shape index (κ1) is 23.4. The summed E-state index contributed by atoms with van der Waals surface area (Å²) in [6.07, 6.45) is 6.55. The van der Waals surface area contributed by atoms with Crippen molar-refractivity contribution in [1.29, 1.82) is 0 Å². The maximum absolute atomic E-state index is 14.5. The summed E-state index contributed by atoms with van der Waals surface area (Å²) in [6.45, 7) is 9.52. The van der Waals surface area contributed by atoms with E-state index in [1.165, 1.54) is 4.90 Å². The number of hydrogen-bond donors (Lipinski definition) is 0. The lowest BCUT2D eigenvalue weighted by molar-refractivity contribution is 0.0597. The highest BCUT2D eigenvalue weighted by atomic mass is 19.1. The smallest absolute Gasteiger partial charge is 0.420 e. The first-order valence-electron chi connectivity index (χ1n) is 11.2. The zero-order valence-corrected chi connectivity index (χ0v) is 20.0. The summed E-state index contributed by atoms with van der Waals surface area (Å²) in [5, 5.41) is 0. The zero-order valence-electron chi connectivity index (χ0n) is 20.0. The molecule has 1 unspecified atom stereocenters. The third-order valence-electron chi connectivity index (χ3n) is 5.38. The van der Waals surface area contributed by atoms with Crippen LogP contribution in [-0.4, -0.2) is 28.3 Å². The Morgan fingerprint density at radius 1 is 1.15 bits per heavy atom. The lowest BCUT2D eigenvalue weighted by Gasteiger charge is -2.29. The minimum atomic E-state index is -0.719. The molecule has 34 heavy (non-hydrogen) atoms. The normalized spacial score (nSPS) is 14.6. The summed E-state index contributed by atoms with van der Waals surface area (Å²) < 4.78 is 25.6. The Kier molecular flexibility index (Phi) is 6.37. The van der Waals surface area contributed by atoms with Gasteiger partial charge in [0.2, 0.25) is 5.88 Å². The quantitative estimate of drug-likeness (QED) is 0.431. The van der Waals surface area contributed by atoms with E-state index in [0.29, 0.717) is 29.6 Å². The summed E-state index contributed by atoms with van der Waals surface area (Å²) >= 11 is 0. The molecular weight excluding hydrogens is 433 g/mol. The molecular formula is C27H28FN3O3. The van der Waals surface area contributed by atoms with E-state index in [9.17, 15) is 9.18 Å². The topological polar surface area (TPSA) is 64.5 Å². The number of rotatable bonds is 5. The van der Waals surface area contributed by atoms with Crippen molar-refractivity contribution in [3.05, 3.63) is 82.9 Å². The number of aromatic nitrogens is 2. The van der Waals surface area contributed by atoms with E-state index >= 15 is 0 Å². The SMILES string of the molecule is CCOc1ccc(N(C(=O)OC(C)(C)C)c2ncccc2C2C=Cc3cc(C)c(F)cc32)cn1. The fourth-order valence-corrected chi connectivity index (χ4v) is 3.91. The van der Waals surface area contributed by atoms with Gasteiger partial charge in [-0.15, -0.1) is 0 Å². The van der Waals surface area contributed by atoms with Crippen LogP contribution in [0.1, 0.15) is 55.9 Å². The molecule has 0 bridgehead atoms. The Labute approximate surface area is 199 Å². The van der Waals surface area contributed by atoms with Gasteiger partial charge in [-0.05, 0) is 75.6 Å². The summed E-state index contributed by atoms with van der Waals surface area (Å²) in [6, 6.07) is 10.5. The van der Waals surface area contributed by atoms with Gasteiger partial charge in [0, 0.05) is 23.7 Å². The van der Waals surface area contributed by atoms with Gasteiger partial charge in [-0.3, -0.25) is 0 Å². The Balaban J connectivity index is 1.82. The number of carbonyl (C=O) groups excluding carboxylic acids is 1. The molecule has 7 heteroatoms. The number of aryl methyl sites for hydroxylation is 1. The summed E-state index contributed by atoms with van der Waals surface area (Å²) in [7, 11) is 0. The third-order valence-corrected chi connectivity index (χ3v) is 5.38. The third kappa shape index (κ3) is 4.78. The minimum Gasteiger partial charge on any atom is -0.478 e. The van der Waals surface area contributed by atoms with E-state index in [-0.39, 0.29) is 11.7 Å². The van der Waals surface area contributed by atoms with Crippen LogP contribution in [0.5, 0.6) is 5.88 Å². The van der Waals surface area contributed by atoms with Crippen molar-refractivity contribution < 1.29 is 18.7 Å². The van der Waals surface area contributed by atoms with Crippen molar-refractivity contribution in [2.24, 2.45) is 0 Å². The van der Waals surface area contributed by atoms with Crippen molar-refractivity contribution in [3.63, 3.8) is 0 Å². The van der Waals surface area contributed by atoms with Crippen LogP contribution in [-0.2, 0) is 4.74 Å². The van der Waals surface area contributed by atoms with E-state index in [1.807, 2.05) is 31.2 Å². The van der Waals surface area contributed by atoms with E-state index in [2.05, 4.69) is 9.97 Å². The number of pyridine rings is 2. The second-order valence-corrected chi connectivity index (χ2v) is 9.09. The molecule has 0 radical (unpaired) electrons. The molecule has 1 aliphatic carbocycles. The number of amides is 1. The minimum absolute atomic E-state index is 0.266. The van der Waals surface area contributed by atoms with Crippen LogP contribution in [0.25, 0.3) is 6.08 Å². The van der Waals surface area contributed by atoms with Gasteiger partial charge in [-0.25, -0.2) is 24.1 Å². The van der Waals surface area contributed by atoms with Crippen molar-refractivity contribution in [2.75, 3.05) is 11.5 Å². The summed E-state index contributed by atoms with van der Waals surface area (Å²) in [4.78, 5) is 23.7. The van der Waals surface area contributed by atoms with Gasteiger partial charge in [0.1, 0.15) is 17.2 Å². The molecule has 0 N–H and O–H groups in total. The number of fused-ring (bicyclic) bond motifs is 1. The number of hydrogen-bond acceptors (Lipinski definition) is 5. The predicted molar refractivity (Wildman–Crippen MR) is 130 cm³/mol. The van der Waals surface area contributed by atoms with Gasteiger partial charge >= 0.3 is 6.09 Å². The van der Waals surface area contributed by atoms with Crippen LogP contribution in [0.2, 0.25) is 0 Å². The predicted octanol–water partition coefficient (Wildman–Crippen LogP) is 6.55. The molecule has 0 spiro atoms. The second-order valence-electron chi connectivity index (χ2n) is 9.09. The molecule has 4 rings (SSSR count). The van der Waals surface area contributed by atoms with Crippen LogP contribution in [0.15, 0.2) is 54.9 Å². The van der Waals surface area contributed by atoms with E-state index < -0.39 is 11.7 Å². The van der Waals surface area contributed by atoms with Crippen molar-refractivity contribution >= 4 is 23.7 Å². The summed E-state index contributed by atoms with van der Waals surface area (Å²) in [5.41, 5.74) is 2.88. The fraction of sp³-hybridized carbons (Fsp3) is 0.296. The Morgan fingerprint density at radius 3 is 2.62 bits per heavy atom. The highest BCUT2D eigenvalue weighted by Gasteiger charge is 2.31. The van der Waals surface area contributed by atoms with Crippen molar-refractivity contribution in [3.8, 4) is 5.88 Å². The number of benzene rings is 1. The number of allylic oxidation sites excluding steroid dienone is 1. The summed E-state index contributed by atoms with van der Waals surface area (Å²) in [5.74, 6) is 0.313. The van der Waals surface area contributed by atoms with Crippen LogP contribution < -0.4 is 9.64 Å². The molecule has 0 aliphatic heterocycles. The number of nitrogens with zero attached hydrogens (tertiary/aromatic N) is 3. The highest BCUT2D eigenvalue weighted by molar-refractivity contribution is 5.96. The molecule has 3 aromatic rings. The molecule has 1 amide bonds. The molecule has 0 saturated carbocycles. The van der Waals surface area contributed by atoms with E-state index in [1.54, 1.807) is 64.4 Å². The number of carbonyl (C=O) groups is 1. The van der Waals surface area contributed by atoms with Gasteiger partial charge in [0.05, 0.1) is 18.5 Å². The van der Waals surface area contributed by atoms with Gasteiger partial charge in [0.15, 0.2) is 0 Å². The van der Waals surface area contributed by atoms with Crippen LogP contribution in [0.4, 0.5) is 20.7 Å². The van der Waals surface area contributed by atoms with Gasteiger partial charge < -0.3 is 9.47 Å². The molecule has 1 aliphatic rings. The molecule has 0 fully saturated rings. The molecule has 176 valence electrons. The zero-order chi connectivity index (χ0) is 24.5. The van der Waals surface area contributed by atoms with Gasteiger partial charge in [0.25, 0.3) is 0 Å². The maximum atomic E-state index is 14.5. The van der Waals surface area contributed by atoms with E-state index in [4.69, 9.17) is 9.47 Å². The largest absolute Gasteiger partial charge is 0.478 e. The Morgan fingerprint density at radius 2 is 1.94 bits per heavy atom. The number of ether oxygens (including phenoxy) is 2. The highest BCUT2D eigenvalue weighted by Crippen LogP contribution is 2.41. The average Bonchev–Trinajstić information content (AvgIpc) is 3.17. The van der Waals surface area contributed by atoms with Crippen LogP contribution in [0.3, 0.4) is 0 Å². The molecule has 1 atom stereocenters. The number of anilines is 2. The monoisotopic (exact) mass is 461 g/mol. The average molecular weight is 462 g/mol. The molecule has 0 saturated heterocycles. The first-order valence-corrected chi connectivity index (χ1v) is 11.2. The Bertz CT molecular complexity index is 1230.